The number of amides is 2. The Morgan fingerprint density at radius 1 is 1.16 bits per heavy atom. The van der Waals surface area contributed by atoms with Gasteiger partial charge in [-0.05, 0) is 48.7 Å². The number of nitrogens with one attached hydrogen (secondary N) is 1. The topological polar surface area (TPSA) is 65.0 Å². The number of nitrogens with zero attached hydrogens (tertiary/aromatic N) is 2. The number of rotatable bonds is 11. The van der Waals surface area contributed by atoms with Crippen LogP contribution in [0.25, 0.3) is 0 Å². The second-order valence-electron chi connectivity index (χ2n) is 8.12. The lowest BCUT2D eigenvalue weighted by Crippen LogP contribution is -2.45. The van der Waals surface area contributed by atoms with Crippen molar-refractivity contribution in [2.75, 3.05) is 39.2 Å². The second-order valence-corrected chi connectivity index (χ2v) is 8.53. The van der Waals surface area contributed by atoms with Gasteiger partial charge in [0.05, 0.1) is 12.7 Å². The Hall–Kier alpha value is -2.19. The van der Waals surface area contributed by atoms with E-state index in [2.05, 4.69) is 17.1 Å². The van der Waals surface area contributed by atoms with Crippen molar-refractivity contribution in [2.45, 2.75) is 32.5 Å². The third-order valence-corrected chi connectivity index (χ3v) is 5.94. The van der Waals surface area contributed by atoms with Crippen LogP contribution >= 0.6 is 11.6 Å². The van der Waals surface area contributed by atoms with Gasteiger partial charge in [-0.15, -0.1) is 0 Å². The minimum atomic E-state index is -0.358. The van der Waals surface area contributed by atoms with Gasteiger partial charge in [0.25, 0.3) is 0 Å². The Labute approximate surface area is 194 Å². The summed E-state index contributed by atoms with van der Waals surface area (Å²) in [5.41, 5.74) is 1.51. The molecule has 0 fully saturated rings. The van der Waals surface area contributed by atoms with E-state index in [1.165, 1.54) is 24.3 Å². The number of carbonyl (C=O) groups excluding carboxylic acids is 1. The first-order chi connectivity index (χ1) is 15.2. The first-order valence-electron chi connectivity index (χ1n) is 10.6. The van der Waals surface area contributed by atoms with E-state index < -0.39 is 0 Å². The standard InChI is InChI=1S/C24H33ClFN3O3/c1-17(13-29(18(2)16-30)14-19-7-5-6-8-22(19)25)23(32-4)15-28(3)24(31)27-21-11-9-20(26)10-12-21/h5-12,17-18,23,30H,13-16H2,1-4H3,(H,27,31)/t17-,18-,23-/m0/s1. The molecule has 8 heteroatoms. The minimum Gasteiger partial charge on any atom is -0.395 e. The van der Waals surface area contributed by atoms with Crippen molar-refractivity contribution in [3.8, 4) is 0 Å². The molecule has 0 saturated heterocycles. The third kappa shape index (κ3) is 7.74. The first-order valence-corrected chi connectivity index (χ1v) is 11.0. The van der Waals surface area contributed by atoms with E-state index in [0.717, 1.165) is 5.56 Å². The van der Waals surface area contributed by atoms with Crippen molar-refractivity contribution < 1.29 is 19.0 Å². The lowest BCUT2D eigenvalue weighted by atomic mass is 10.0. The summed E-state index contributed by atoms with van der Waals surface area (Å²) in [6.45, 7) is 5.67. The molecule has 0 aliphatic rings. The molecule has 6 nitrogen and oxygen atoms in total. The predicted molar refractivity (Wildman–Crippen MR) is 126 cm³/mol. The number of urea groups is 1. The lowest BCUT2D eigenvalue weighted by molar-refractivity contribution is 0.0154. The minimum absolute atomic E-state index is 0.0226. The fourth-order valence-corrected chi connectivity index (χ4v) is 3.64. The summed E-state index contributed by atoms with van der Waals surface area (Å²) < 4.78 is 18.8. The maximum absolute atomic E-state index is 13.1. The number of anilines is 1. The average Bonchev–Trinajstić information content (AvgIpc) is 2.78. The van der Waals surface area contributed by atoms with E-state index in [1.54, 1.807) is 19.1 Å². The van der Waals surface area contributed by atoms with Gasteiger partial charge in [0.2, 0.25) is 0 Å². The van der Waals surface area contributed by atoms with Crippen LogP contribution in [0.2, 0.25) is 5.02 Å². The summed E-state index contributed by atoms with van der Waals surface area (Å²) in [5.74, 6) is -0.291. The summed E-state index contributed by atoms with van der Waals surface area (Å²) in [5, 5.41) is 13.2. The molecular formula is C24H33ClFN3O3. The molecule has 0 radical (unpaired) electrons. The maximum atomic E-state index is 13.1. The van der Waals surface area contributed by atoms with Crippen LogP contribution < -0.4 is 5.32 Å². The molecule has 0 aliphatic carbocycles. The molecule has 2 N–H and O–H groups in total. The molecule has 0 saturated carbocycles. The van der Waals surface area contributed by atoms with E-state index in [1.807, 2.05) is 31.2 Å². The molecular weight excluding hydrogens is 433 g/mol. The molecule has 0 spiro atoms. The number of aliphatic hydroxyl groups is 1. The van der Waals surface area contributed by atoms with Gasteiger partial charge < -0.3 is 20.1 Å². The molecule has 2 amide bonds. The second kappa shape index (κ2) is 12.7. The number of methoxy groups -OCH3 is 1. The zero-order valence-electron chi connectivity index (χ0n) is 19.1. The number of hydrogen-bond acceptors (Lipinski definition) is 4. The number of likely N-dealkylation sites (N-methyl/N-ethyl adjacent to an activating group) is 1. The van der Waals surface area contributed by atoms with Crippen LogP contribution in [0.4, 0.5) is 14.9 Å². The van der Waals surface area contributed by atoms with Gasteiger partial charge in [0, 0.05) is 50.5 Å². The normalized spacial score (nSPS) is 14.1. The van der Waals surface area contributed by atoms with Crippen molar-refractivity contribution in [1.29, 1.82) is 0 Å². The van der Waals surface area contributed by atoms with E-state index in [4.69, 9.17) is 16.3 Å². The van der Waals surface area contributed by atoms with Crippen LogP contribution in [0.1, 0.15) is 19.4 Å². The van der Waals surface area contributed by atoms with Gasteiger partial charge in [-0.3, -0.25) is 4.90 Å². The summed E-state index contributed by atoms with van der Waals surface area (Å²) >= 11 is 6.34. The van der Waals surface area contributed by atoms with Crippen molar-refractivity contribution in [3.63, 3.8) is 0 Å². The zero-order valence-corrected chi connectivity index (χ0v) is 19.8. The van der Waals surface area contributed by atoms with Crippen LogP contribution in [0.15, 0.2) is 48.5 Å². The average molecular weight is 466 g/mol. The van der Waals surface area contributed by atoms with E-state index in [9.17, 15) is 14.3 Å². The SMILES string of the molecule is CO[C@@H](CN(C)C(=O)Nc1ccc(F)cc1)[C@@H](C)CN(Cc1ccccc1Cl)[C@@H](C)CO. The quantitative estimate of drug-likeness (QED) is 0.513. The number of benzene rings is 2. The maximum Gasteiger partial charge on any atom is 0.321 e. The molecule has 32 heavy (non-hydrogen) atoms. The first kappa shape index (κ1) is 26.1. The Morgan fingerprint density at radius 3 is 2.41 bits per heavy atom. The van der Waals surface area contributed by atoms with Gasteiger partial charge in [-0.25, -0.2) is 9.18 Å². The smallest absolute Gasteiger partial charge is 0.321 e. The van der Waals surface area contributed by atoms with Crippen LogP contribution in [0.5, 0.6) is 0 Å². The number of ether oxygens (including phenoxy) is 1. The van der Waals surface area contributed by atoms with Crippen LogP contribution in [0, 0.1) is 11.7 Å². The largest absolute Gasteiger partial charge is 0.395 e. The van der Waals surface area contributed by atoms with Gasteiger partial charge >= 0.3 is 6.03 Å². The highest BCUT2D eigenvalue weighted by Crippen LogP contribution is 2.21. The van der Waals surface area contributed by atoms with Gasteiger partial charge in [0.1, 0.15) is 5.82 Å². The fraction of sp³-hybridized carbons (Fsp3) is 0.458. The van der Waals surface area contributed by atoms with E-state index in [0.29, 0.717) is 30.3 Å². The Balaban J connectivity index is 2.00. The Bertz CT molecular complexity index is 853. The Morgan fingerprint density at radius 2 is 1.81 bits per heavy atom. The van der Waals surface area contributed by atoms with E-state index in [-0.39, 0.29) is 36.5 Å². The van der Waals surface area contributed by atoms with Gasteiger partial charge in [-0.2, -0.15) is 0 Å². The molecule has 3 atom stereocenters. The lowest BCUT2D eigenvalue weighted by Gasteiger charge is -2.34. The molecule has 2 aromatic carbocycles. The highest BCUT2D eigenvalue weighted by Gasteiger charge is 2.25. The highest BCUT2D eigenvalue weighted by molar-refractivity contribution is 6.31. The number of halogens is 2. The number of hydrogen-bond donors (Lipinski definition) is 2. The van der Waals surface area contributed by atoms with Crippen LogP contribution in [0.3, 0.4) is 0 Å². The van der Waals surface area contributed by atoms with Gasteiger partial charge in [-0.1, -0.05) is 36.7 Å². The van der Waals surface area contributed by atoms with Crippen LogP contribution in [-0.4, -0.2) is 66.9 Å². The molecule has 0 aliphatic heterocycles. The monoisotopic (exact) mass is 465 g/mol. The van der Waals surface area contributed by atoms with Gasteiger partial charge in [0.15, 0.2) is 0 Å². The van der Waals surface area contributed by atoms with E-state index >= 15 is 0 Å². The zero-order chi connectivity index (χ0) is 23.7. The molecule has 176 valence electrons. The van der Waals surface area contributed by atoms with Crippen LogP contribution in [-0.2, 0) is 11.3 Å². The summed E-state index contributed by atoms with van der Waals surface area (Å²) in [6, 6.07) is 12.9. The predicted octanol–water partition coefficient (Wildman–Crippen LogP) is 4.48. The van der Waals surface area contributed by atoms with Crippen molar-refractivity contribution in [3.05, 3.63) is 64.9 Å². The third-order valence-electron chi connectivity index (χ3n) is 5.57. The Kier molecular flexibility index (Phi) is 10.4. The number of carbonyl (C=O) groups is 1. The van der Waals surface area contributed by atoms with Crippen molar-refractivity contribution in [2.24, 2.45) is 5.92 Å². The van der Waals surface area contributed by atoms with Crippen molar-refractivity contribution in [1.82, 2.24) is 9.80 Å². The summed E-state index contributed by atoms with van der Waals surface area (Å²) in [7, 11) is 3.32. The molecule has 0 unspecified atom stereocenters. The fourth-order valence-electron chi connectivity index (χ4n) is 3.44. The molecule has 0 heterocycles. The molecule has 0 bridgehead atoms. The molecule has 0 aromatic heterocycles. The van der Waals surface area contributed by atoms with Crippen molar-refractivity contribution >= 4 is 23.3 Å². The summed E-state index contributed by atoms with van der Waals surface area (Å²) in [6.07, 6.45) is -0.224. The summed E-state index contributed by atoms with van der Waals surface area (Å²) in [4.78, 5) is 16.2. The molecule has 2 aromatic rings. The molecule has 2 rings (SSSR count). The number of aliphatic hydroxyl groups excluding tert-OH is 1. The highest BCUT2D eigenvalue weighted by atomic mass is 35.5.